The van der Waals surface area contributed by atoms with Gasteiger partial charge in [-0.2, -0.15) is 0 Å². The lowest BCUT2D eigenvalue weighted by atomic mass is 10.1. The van der Waals surface area contributed by atoms with Crippen molar-refractivity contribution in [1.29, 1.82) is 0 Å². The zero-order chi connectivity index (χ0) is 23.3. The molecule has 2 amide bonds. The first-order chi connectivity index (χ1) is 15.3. The van der Waals surface area contributed by atoms with Gasteiger partial charge in [0.05, 0.1) is 12.0 Å². The molecular weight excluding hydrogens is 422 g/mol. The highest BCUT2D eigenvalue weighted by molar-refractivity contribution is 7.12. The highest BCUT2D eigenvalue weighted by atomic mass is 32.1. The first kappa shape index (κ1) is 23.3. The molecule has 1 heterocycles. The maximum Gasteiger partial charge on any atom is 0.265 e. The van der Waals surface area contributed by atoms with Crippen LogP contribution in [0.15, 0.2) is 60.0 Å². The van der Waals surface area contributed by atoms with E-state index in [1.165, 1.54) is 11.3 Å². The SMILES string of the molecule is COc1ccc(C(=O)N(Cc2cc(NC(=O)c3cccs3)ccc2N(C)C)C(C)C)cc1. The highest BCUT2D eigenvalue weighted by Gasteiger charge is 2.21. The summed E-state index contributed by atoms with van der Waals surface area (Å²) in [5.41, 5.74) is 3.25. The first-order valence-electron chi connectivity index (χ1n) is 10.4. The summed E-state index contributed by atoms with van der Waals surface area (Å²) in [6.07, 6.45) is 0. The molecule has 168 valence electrons. The Labute approximate surface area is 193 Å². The summed E-state index contributed by atoms with van der Waals surface area (Å²) in [5.74, 6) is 0.515. The van der Waals surface area contributed by atoms with E-state index in [4.69, 9.17) is 4.74 Å². The van der Waals surface area contributed by atoms with Crippen molar-refractivity contribution in [2.24, 2.45) is 0 Å². The van der Waals surface area contributed by atoms with Gasteiger partial charge in [-0.15, -0.1) is 11.3 Å². The Morgan fingerprint density at radius 1 is 1.06 bits per heavy atom. The molecule has 0 aliphatic rings. The fourth-order valence-corrected chi connectivity index (χ4v) is 4.02. The van der Waals surface area contributed by atoms with Gasteiger partial charge in [-0.3, -0.25) is 9.59 Å². The van der Waals surface area contributed by atoms with Gasteiger partial charge >= 0.3 is 0 Å². The Bertz CT molecular complexity index is 1060. The number of ether oxygens (including phenoxy) is 1. The summed E-state index contributed by atoms with van der Waals surface area (Å²) in [6, 6.07) is 16.6. The minimum absolute atomic E-state index is 0.0102. The second kappa shape index (κ2) is 10.3. The van der Waals surface area contributed by atoms with Crippen molar-refractivity contribution < 1.29 is 14.3 Å². The van der Waals surface area contributed by atoms with Crippen molar-refractivity contribution in [2.75, 3.05) is 31.4 Å². The van der Waals surface area contributed by atoms with Crippen LogP contribution in [0.4, 0.5) is 11.4 Å². The first-order valence-corrected chi connectivity index (χ1v) is 11.3. The molecule has 0 saturated heterocycles. The van der Waals surface area contributed by atoms with Crippen LogP contribution in [0, 0.1) is 0 Å². The lowest BCUT2D eigenvalue weighted by molar-refractivity contribution is 0.0690. The molecule has 0 aliphatic carbocycles. The third-order valence-electron chi connectivity index (χ3n) is 5.13. The number of hydrogen-bond acceptors (Lipinski definition) is 5. The molecule has 0 fully saturated rings. The summed E-state index contributed by atoms with van der Waals surface area (Å²) in [7, 11) is 5.53. The van der Waals surface area contributed by atoms with Gasteiger partial charge in [0.1, 0.15) is 5.75 Å². The van der Waals surface area contributed by atoms with E-state index in [1.807, 2.05) is 67.4 Å². The summed E-state index contributed by atoms with van der Waals surface area (Å²) >= 11 is 1.40. The van der Waals surface area contributed by atoms with Crippen molar-refractivity contribution in [1.82, 2.24) is 4.90 Å². The smallest absolute Gasteiger partial charge is 0.265 e. The van der Waals surface area contributed by atoms with E-state index in [2.05, 4.69) is 5.32 Å². The van der Waals surface area contributed by atoms with Crippen LogP contribution in [-0.4, -0.2) is 44.0 Å². The van der Waals surface area contributed by atoms with Gasteiger partial charge in [0.2, 0.25) is 0 Å². The van der Waals surface area contributed by atoms with Crippen LogP contribution in [0.2, 0.25) is 0 Å². The average molecular weight is 452 g/mol. The summed E-state index contributed by atoms with van der Waals surface area (Å²) < 4.78 is 5.20. The summed E-state index contributed by atoms with van der Waals surface area (Å²) in [5, 5.41) is 4.84. The number of nitrogens with one attached hydrogen (secondary N) is 1. The van der Waals surface area contributed by atoms with Gasteiger partial charge in [0, 0.05) is 43.6 Å². The number of benzene rings is 2. The average Bonchev–Trinajstić information content (AvgIpc) is 3.32. The van der Waals surface area contributed by atoms with Gasteiger partial charge in [-0.1, -0.05) is 6.07 Å². The molecule has 1 aromatic heterocycles. The number of carbonyl (C=O) groups is 2. The van der Waals surface area contributed by atoms with E-state index < -0.39 is 0 Å². The number of rotatable bonds is 8. The molecular formula is C25H29N3O3S. The van der Waals surface area contributed by atoms with Crippen LogP contribution in [0.3, 0.4) is 0 Å². The molecule has 3 rings (SSSR count). The monoisotopic (exact) mass is 451 g/mol. The molecule has 6 nitrogen and oxygen atoms in total. The number of hydrogen-bond donors (Lipinski definition) is 1. The van der Waals surface area contributed by atoms with E-state index in [1.54, 1.807) is 37.4 Å². The Kier molecular flexibility index (Phi) is 7.53. The number of methoxy groups -OCH3 is 1. The number of nitrogens with zero attached hydrogens (tertiary/aromatic N) is 2. The van der Waals surface area contributed by atoms with Crippen LogP contribution in [0.5, 0.6) is 5.75 Å². The largest absolute Gasteiger partial charge is 0.497 e. The van der Waals surface area contributed by atoms with Crippen molar-refractivity contribution in [2.45, 2.75) is 26.4 Å². The lowest BCUT2D eigenvalue weighted by Crippen LogP contribution is -2.36. The number of carbonyl (C=O) groups excluding carboxylic acids is 2. The van der Waals surface area contributed by atoms with Crippen LogP contribution >= 0.6 is 11.3 Å². The molecule has 0 aliphatic heterocycles. The number of amides is 2. The fraction of sp³-hybridized carbons (Fsp3) is 0.280. The third kappa shape index (κ3) is 5.48. The van der Waals surface area contributed by atoms with E-state index >= 15 is 0 Å². The zero-order valence-corrected chi connectivity index (χ0v) is 19.9. The molecule has 0 radical (unpaired) electrons. The topological polar surface area (TPSA) is 61.9 Å². The molecule has 0 unspecified atom stereocenters. The molecule has 0 atom stereocenters. The molecule has 3 aromatic rings. The van der Waals surface area contributed by atoms with Crippen molar-refractivity contribution in [3.8, 4) is 5.75 Å². The predicted octanol–water partition coefficient (Wildman–Crippen LogP) is 5.13. The van der Waals surface area contributed by atoms with E-state index in [-0.39, 0.29) is 17.9 Å². The van der Waals surface area contributed by atoms with E-state index in [0.29, 0.717) is 28.4 Å². The fourth-order valence-electron chi connectivity index (χ4n) is 3.40. The second-order valence-corrected chi connectivity index (χ2v) is 8.87. The maximum absolute atomic E-state index is 13.3. The number of anilines is 2. The molecule has 0 saturated carbocycles. The quantitative estimate of drug-likeness (QED) is 0.516. The minimum Gasteiger partial charge on any atom is -0.497 e. The molecule has 32 heavy (non-hydrogen) atoms. The number of thiophene rings is 1. The normalized spacial score (nSPS) is 10.7. The van der Waals surface area contributed by atoms with E-state index in [9.17, 15) is 9.59 Å². The predicted molar refractivity (Wildman–Crippen MR) is 131 cm³/mol. The molecule has 1 N–H and O–H groups in total. The Hall–Kier alpha value is -3.32. The summed E-state index contributed by atoms with van der Waals surface area (Å²) in [4.78, 5) is 30.3. The van der Waals surface area contributed by atoms with Crippen molar-refractivity contribution >= 4 is 34.5 Å². The van der Waals surface area contributed by atoms with Gasteiger partial charge in [-0.25, -0.2) is 0 Å². The Morgan fingerprint density at radius 2 is 1.78 bits per heavy atom. The second-order valence-electron chi connectivity index (χ2n) is 7.92. The molecule has 0 spiro atoms. The Morgan fingerprint density at radius 3 is 2.34 bits per heavy atom. The van der Waals surface area contributed by atoms with E-state index in [0.717, 1.165) is 11.3 Å². The minimum atomic E-state index is -0.140. The van der Waals surface area contributed by atoms with Gasteiger partial charge in [0.25, 0.3) is 11.8 Å². The van der Waals surface area contributed by atoms with Crippen LogP contribution in [0.25, 0.3) is 0 Å². The summed E-state index contributed by atoms with van der Waals surface area (Å²) in [6.45, 7) is 4.41. The standard InChI is InChI=1S/C25H29N3O3S/c1-17(2)28(25(30)18-8-11-21(31-5)12-9-18)16-19-15-20(10-13-22(19)27(3)4)26-24(29)23-7-6-14-32-23/h6-15,17H,16H2,1-5H3,(H,26,29). The van der Waals surface area contributed by atoms with Gasteiger partial charge in [0.15, 0.2) is 0 Å². The zero-order valence-electron chi connectivity index (χ0n) is 19.1. The Balaban J connectivity index is 1.88. The van der Waals surface area contributed by atoms with Crippen LogP contribution < -0.4 is 15.0 Å². The third-order valence-corrected chi connectivity index (χ3v) is 5.99. The van der Waals surface area contributed by atoms with Crippen LogP contribution in [0.1, 0.15) is 39.4 Å². The van der Waals surface area contributed by atoms with Crippen molar-refractivity contribution in [3.63, 3.8) is 0 Å². The molecule has 7 heteroatoms. The van der Waals surface area contributed by atoms with Gasteiger partial charge in [-0.05, 0) is 73.3 Å². The molecule has 2 aromatic carbocycles. The lowest BCUT2D eigenvalue weighted by Gasteiger charge is -2.29. The van der Waals surface area contributed by atoms with Gasteiger partial charge < -0.3 is 19.9 Å². The highest BCUT2D eigenvalue weighted by Crippen LogP contribution is 2.27. The molecule has 0 bridgehead atoms. The van der Waals surface area contributed by atoms with Crippen molar-refractivity contribution in [3.05, 3.63) is 76.0 Å². The maximum atomic E-state index is 13.3. The van der Waals surface area contributed by atoms with Crippen LogP contribution in [-0.2, 0) is 6.54 Å².